The first-order valence-corrected chi connectivity index (χ1v) is 9.67. The summed E-state index contributed by atoms with van der Waals surface area (Å²) in [5.41, 5.74) is 3.05. The molecule has 0 radical (unpaired) electrons. The highest BCUT2D eigenvalue weighted by molar-refractivity contribution is 6.02. The monoisotopic (exact) mass is 398 g/mol. The molecule has 7 heteroatoms. The number of aromatic nitrogens is 1. The quantitative estimate of drug-likeness (QED) is 0.529. The highest BCUT2D eigenvalue weighted by Crippen LogP contribution is 2.33. The van der Waals surface area contributed by atoms with Crippen LogP contribution in [0.15, 0.2) is 30.3 Å². The topological polar surface area (TPSA) is 77.8 Å². The Labute approximate surface area is 170 Å². The van der Waals surface area contributed by atoms with Crippen molar-refractivity contribution in [2.24, 2.45) is 5.92 Å². The molecule has 1 atom stereocenters. The predicted octanol–water partition coefficient (Wildman–Crippen LogP) is 2.91. The maximum atomic E-state index is 12.5. The van der Waals surface area contributed by atoms with Crippen LogP contribution in [0.3, 0.4) is 0 Å². The first-order valence-electron chi connectivity index (χ1n) is 9.67. The van der Waals surface area contributed by atoms with Crippen molar-refractivity contribution >= 4 is 23.3 Å². The van der Waals surface area contributed by atoms with Gasteiger partial charge >= 0.3 is 5.97 Å². The van der Waals surface area contributed by atoms with E-state index in [1.54, 1.807) is 12.1 Å². The van der Waals surface area contributed by atoms with E-state index in [1.807, 2.05) is 43.5 Å². The van der Waals surface area contributed by atoms with E-state index in [1.165, 1.54) is 12.0 Å². The lowest BCUT2D eigenvalue weighted by Gasteiger charge is -2.19. The lowest BCUT2D eigenvalue weighted by Crippen LogP contribution is -2.27. The molecule has 2 heterocycles. The lowest BCUT2D eigenvalue weighted by molar-refractivity contribution is -0.147. The number of Topliss-reactive ketones (excluding diaryl/α,β-unsaturated/α-hetero) is 1. The summed E-state index contributed by atoms with van der Waals surface area (Å²) >= 11 is 0. The van der Waals surface area contributed by atoms with Gasteiger partial charge in [0.15, 0.2) is 6.61 Å². The summed E-state index contributed by atoms with van der Waals surface area (Å²) in [4.78, 5) is 39.0. The molecule has 3 rings (SSSR count). The number of ketones is 1. The highest BCUT2D eigenvalue weighted by atomic mass is 16.5. The zero-order valence-corrected chi connectivity index (χ0v) is 17.2. The SMILES string of the molecule is CCn1c(C)cc(C(=O)COC(=O)[C@H]2CC(=O)N(c3ccccc3OC)C2)c1C. The fourth-order valence-corrected chi connectivity index (χ4v) is 3.85. The Bertz CT molecular complexity index is 947. The van der Waals surface area contributed by atoms with Crippen molar-refractivity contribution in [2.45, 2.75) is 33.7 Å². The zero-order chi connectivity index (χ0) is 21.1. The van der Waals surface area contributed by atoms with Gasteiger partial charge in [-0.25, -0.2) is 0 Å². The molecule has 1 aromatic heterocycles. The van der Waals surface area contributed by atoms with E-state index in [4.69, 9.17) is 9.47 Å². The Morgan fingerprint density at radius 1 is 1.21 bits per heavy atom. The average molecular weight is 398 g/mol. The summed E-state index contributed by atoms with van der Waals surface area (Å²) in [6.07, 6.45) is 0.0510. The molecule has 0 N–H and O–H groups in total. The van der Waals surface area contributed by atoms with Gasteiger partial charge in [-0.15, -0.1) is 0 Å². The third-order valence-corrected chi connectivity index (χ3v) is 5.37. The highest BCUT2D eigenvalue weighted by Gasteiger charge is 2.37. The Morgan fingerprint density at radius 3 is 2.59 bits per heavy atom. The van der Waals surface area contributed by atoms with E-state index in [9.17, 15) is 14.4 Å². The minimum atomic E-state index is -0.608. The largest absolute Gasteiger partial charge is 0.495 e. The summed E-state index contributed by atoms with van der Waals surface area (Å²) in [5, 5.41) is 0. The van der Waals surface area contributed by atoms with Gasteiger partial charge in [-0.2, -0.15) is 0 Å². The van der Waals surface area contributed by atoms with E-state index in [-0.39, 0.29) is 31.3 Å². The summed E-state index contributed by atoms with van der Waals surface area (Å²) in [6.45, 7) is 6.48. The number of para-hydroxylation sites is 2. The number of esters is 1. The molecule has 1 aliphatic heterocycles. The number of anilines is 1. The number of hydrogen-bond acceptors (Lipinski definition) is 5. The summed E-state index contributed by atoms with van der Waals surface area (Å²) < 4.78 is 12.6. The van der Waals surface area contributed by atoms with Gasteiger partial charge in [0.2, 0.25) is 11.7 Å². The molecule has 1 amide bonds. The van der Waals surface area contributed by atoms with Gasteiger partial charge in [-0.05, 0) is 39.0 Å². The normalized spacial score (nSPS) is 16.2. The molecule has 154 valence electrons. The number of ether oxygens (including phenoxy) is 2. The number of hydrogen-bond donors (Lipinski definition) is 0. The second-order valence-electron chi connectivity index (χ2n) is 7.14. The van der Waals surface area contributed by atoms with Crippen molar-refractivity contribution < 1.29 is 23.9 Å². The van der Waals surface area contributed by atoms with Gasteiger partial charge in [0.05, 0.1) is 18.7 Å². The number of aryl methyl sites for hydroxylation is 1. The standard InChI is InChI=1S/C22H26N2O5/c1-5-23-14(2)10-17(15(23)3)19(25)13-29-22(27)16-11-21(26)24(12-16)18-8-6-7-9-20(18)28-4/h6-10,16H,5,11-13H2,1-4H3/t16-/m0/s1. The van der Waals surface area contributed by atoms with Crippen LogP contribution in [-0.4, -0.2) is 42.5 Å². The van der Waals surface area contributed by atoms with Crippen molar-refractivity contribution in [3.8, 4) is 5.75 Å². The van der Waals surface area contributed by atoms with Crippen LogP contribution in [0.1, 0.15) is 35.1 Å². The lowest BCUT2D eigenvalue weighted by atomic mass is 10.1. The average Bonchev–Trinajstić information content (AvgIpc) is 3.24. The number of carbonyl (C=O) groups excluding carboxylic acids is 3. The summed E-state index contributed by atoms with van der Waals surface area (Å²) in [5.74, 6) is -0.987. The van der Waals surface area contributed by atoms with Crippen LogP contribution in [0, 0.1) is 19.8 Å². The van der Waals surface area contributed by atoms with Crippen LogP contribution in [0.2, 0.25) is 0 Å². The van der Waals surface area contributed by atoms with Gasteiger partial charge in [0.25, 0.3) is 0 Å². The number of benzene rings is 1. The third kappa shape index (κ3) is 4.04. The molecule has 0 unspecified atom stereocenters. The van der Waals surface area contributed by atoms with Crippen LogP contribution < -0.4 is 9.64 Å². The van der Waals surface area contributed by atoms with Crippen molar-refractivity contribution in [1.29, 1.82) is 0 Å². The van der Waals surface area contributed by atoms with Crippen molar-refractivity contribution in [3.05, 3.63) is 47.3 Å². The molecule has 1 aliphatic rings. The maximum absolute atomic E-state index is 12.5. The minimum Gasteiger partial charge on any atom is -0.495 e. The van der Waals surface area contributed by atoms with Crippen molar-refractivity contribution in [3.63, 3.8) is 0 Å². The van der Waals surface area contributed by atoms with Gasteiger partial charge in [0.1, 0.15) is 5.75 Å². The van der Waals surface area contributed by atoms with Crippen LogP contribution in [0.4, 0.5) is 5.69 Å². The maximum Gasteiger partial charge on any atom is 0.311 e. The Hall–Kier alpha value is -3.09. The van der Waals surface area contributed by atoms with E-state index < -0.39 is 11.9 Å². The fourth-order valence-electron chi connectivity index (χ4n) is 3.85. The number of amides is 1. The molecule has 1 saturated heterocycles. The van der Waals surface area contributed by atoms with Crippen LogP contribution in [0.25, 0.3) is 0 Å². The first-order chi connectivity index (χ1) is 13.9. The van der Waals surface area contributed by atoms with E-state index >= 15 is 0 Å². The molecule has 0 bridgehead atoms. The van der Waals surface area contributed by atoms with Crippen LogP contribution >= 0.6 is 0 Å². The number of methoxy groups -OCH3 is 1. The summed E-state index contributed by atoms with van der Waals surface area (Å²) in [6, 6.07) is 8.98. The molecule has 29 heavy (non-hydrogen) atoms. The van der Waals surface area contributed by atoms with E-state index in [0.717, 1.165) is 17.9 Å². The second-order valence-corrected chi connectivity index (χ2v) is 7.14. The number of carbonyl (C=O) groups is 3. The molecule has 0 saturated carbocycles. The predicted molar refractivity (Wildman–Crippen MR) is 108 cm³/mol. The molecular formula is C22H26N2O5. The molecule has 2 aromatic rings. The van der Waals surface area contributed by atoms with Gasteiger partial charge in [-0.1, -0.05) is 12.1 Å². The number of rotatable bonds is 7. The van der Waals surface area contributed by atoms with Crippen molar-refractivity contribution in [1.82, 2.24) is 4.57 Å². The second kappa shape index (κ2) is 8.51. The molecule has 7 nitrogen and oxygen atoms in total. The molecular weight excluding hydrogens is 372 g/mol. The molecule has 0 aliphatic carbocycles. The zero-order valence-electron chi connectivity index (χ0n) is 17.2. The Kier molecular flexibility index (Phi) is 6.06. The number of nitrogens with zero attached hydrogens (tertiary/aromatic N) is 2. The molecule has 1 fully saturated rings. The van der Waals surface area contributed by atoms with Crippen molar-refractivity contribution in [2.75, 3.05) is 25.2 Å². The Balaban J connectivity index is 1.63. The van der Waals surface area contributed by atoms with Crippen LogP contribution in [-0.2, 0) is 20.9 Å². The third-order valence-electron chi connectivity index (χ3n) is 5.37. The Morgan fingerprint density at radius 2 is 1.93 bits per heavy atom. The van der Waals surface area contributed by atoms with Gasteiger partial charge < -0.3 is 18.9 Å². The summed E-state index contributed by atoms with van der Waals surface area (Å²) in [7, 11) is 1.53. The fraction of sp³-hybridized carbons (Fsp3) is 0.409. The molecule has 1 aromatic carbocycles. The molecule has 0 spiro atoms. The van der Waals surface area contributed by atoms with E-state index in [2.05, 4.69) is 0 Å². The smallest absolute Gasteiger partial charge is 0.311 e. The van der Waals surface area contributed by atoms with E-state index in [0.29, 0.717) is 17.0 Å². The van der Waals surface area contributed by atoms with Crippen LogP contribution in [0.5, 0.6) is 5.75 Å². The van der Waals surface area contributed by atoms with Gasteiger partial charge in [-0.3, -0.25) is 14.4 Å². The first kappa shape index (κ1) is 20.6. The minimum absolute atomic E-state index is 0.0510. The van der Waals surface area contributed by atoms with Gasteiger partial charge in [0, 0.05) is 36.5 Å².